The molecule has 2 atom stereocenters. The maximum atomic E-state index is 5.60. The van der Waals surface area contributed by atoms with Gasteiger partial charge < -0.3 is 4.74 Å². The Kier molecular flexibility index (Phi) is 5.08. The van der Waals surface area contributed by atoms with E-state index in [4.69, 9.17) is 10.6 Å². The molecule has 3 N–H and O–H groups in total. The Labute approximate surface area is 95.6 Å². The largest absolute Gasteiger partial charge is 0.496 e. The highest BCUT2D eigenvalue weighted by Gasteiger charge is 2.19. The van der Waals surface area contributed by atoms with Crippen molar-refractivity contribution in [2.45, 2.75) is 32.7 Å². The lowest BCUT2D eigenvalue weighted by Gasteiger charge is -2.21. The quantitative estimate of drug-likeness (QED) is 0.581. The number of hydrogen-bond donors (Lipinski definition) is 2. The van der Waals surface area contributed by atoms with Gasteiger partial charge in [0.1, 0.15) is 5.75 Å². The van der Waals surface area contributed by atoms with Crippen LogP contribution in [0.2, 0.25) is 0 Å². The van der Waals surface area contributed by atoms with E-state index in [1.54, 1.807) is 18.4 Å². The first-order valence-electron chi connectivity index (χ1n) is 5.31. The van der Waals surface area contributed by atoms with Gasteiger partial charge in [-0.2, -0.15) is 0 Å². The van der Waals surface area contributed by atoms with Crippen LogP contribution in [0.5, 0.6) is 5.75 Å². The number of thiophene rings is 1. The Balaban J connectivity index is 2.72. The molecule has 0 saturated carbocycles. The van der Waals surface area contributed by atoms with E-state index in [9.17, 15) is 0 Å². The van der Waals surface area contributed by atoms with E-state index in [0.29, 0.717) is 5.92 Å². The lowest BCUT2D eigenvalue weighted by atomic mass is 9.96. The molecule has 0 fully saturated rings. The number of nitrogens with two attached hydrogens (primary N) is 1. The van der Waals surface area contributed by atoms with E-state index < -0.39 is 0 Å². The molecule has 0 aliphatic rings. The third-order valence-electron chi connectivity index (χ3n) is 2.63. The molecule has 0 spiro atoms. The van der Waals surface area contributed by atoms with E-state index in [1.165, 1.54) is 17.7 Å². The van der Waals surface area contributed by atoms with Crippen molar-refractivity contribution in [3.8, 4) is 5.75 Å². The third kappa shape index (κ3) is 3.19. The second-order valence-corrected chi connectivity index (χ2v) is 4.74. The number of methoxy groups -OCH3 is 1. The number of hydrazine groups is 1. The molecular weight excluding hydrogens is 208 g/mol. The van der Waals surface area contributed by atoms with Gasteiger partial charge in [0.2, 0.25) is 0 Å². The van der Waals surface area contributed by atoms with Gasteiger partial charge in [0.15, 0.2) is 0 Å². The van der Waals surface area contributed by atoms with Crippen LogP contribution >= 0.6 is 11.3 Å². The van der Waals surface area contributed by atoms with Gasteiger partial charge in [-0.3, -0.25) is 11.3 Å². The van der Waals surface area contributed by atoms with Gasteiger partial charge in [0, 0.05) is 10.3 Å². The van der Waals surface area contributed by atoms with Gasteiger partial charge in [-0.25, -0.2) is 0 Å². The summed E-state index contributed by atoms with van der Waals surface area (Å²) >= 11 is 1.69. The number of nitrogens with one attached hydrogen (secondary N) is 1. The maximum absolute atomic E-state index is 5.60. The van der Waals surface area contributed by atoms with Gasteiger partial charge in [0.25, 0.3) is 0 Å². The molecule has 1 aromatic rings. The molecule has 0 aromatic carbocycles. The number of ether oxygens (including phenoxy) is 1. The fraction of sp³-hybridized carbons (Fsp3) is 0.636. The summed E-state index contributed by atoms with van der Waals surface area (Å²) in [4.78, 5) is 1.25. The zero-order chi connectivity index (χ0) is 11.3. The van der Waals surface area contributed by atoms with Crippen molar-refractivity contribution < 1.29 is 4.74 Å². The highest BCUT2D eigenvalue weighted by Crippen LogP contribution is 2.32. The van der Waals surface area contributed by atoms with Crippen LogP contribution in [0.15, 0.2) is 11.4 Å². The Bertz CT molecular complexity index is 288. The Morgan fingerprint density at radius 1 is 1.60 bits per heavy atom. The van der Waals surface area contributed by atoms with Gasteiger partial charge in [-0.05, 0) is 18.4 Å². The summed E-state index contributed by atoms with van der Waals surface area (Å²) in [5.74, 6) is 7.06. The summed E-state index contributed by atoms with van der Waals surface area (Å²) in [7, 11) is 1.69. The Morgan fingerprint density at radius 3 is 2.80 bits per heavy atom. The van der Waals surface area contributed by atoms with E-state index in [0.717, 1.165) is 5.75 Å². The predicted octanol–water partition coefficient (Wildman–Crippen LogP) is 2.70. The van der Waals surface area contributed by atoms with Crippen LogP contribution in [0.1, 0.15) is 37.6 Å². The average molecular weight is 228 g/mol. The monoisotopic (exact) mass is 228 g/mol. The first-order valence-corrected chi connectivity index (χ1v) is 6.19. The molecular formula is C11H20N2OS. The van der Waals surface area contributed by atoms with Crippen molar-refractivity contribution in [1.82, 2.24) is 5.43 Å². The zero-order valence-electron chi connectivity index (χ0n) is 9.62. The minimum Gasteiger partial charge on any atom is -0.496 e. The smallest absolute Gasteiger partial charge is 0.129 e. The van der Waals surface area contributed by atoms with E-state index in [1.807, 2.05) is 5.38 Å². The minimum absolute atomic E-state index is 0.235. The van der Waals surface area contributed by atoms with Crippen molar-refractivity contribution in [3.63, 3.8) is 0 Å². The number of rotatable bonds is 6. The van der Waals surface area contributed by atoms with Gasteiger partial charge in [0.05, 0.1) is 13.2 Å². The first kappa shape index (κ1) is 12.5. The molecule has 0 bridgehead atoms. The molecule has 3 nitrogen and oxygen atoms in total. The Hall–Kier alpha value is -0.580. The highest BCUT2D eigenvalue weighted by atomic mass is 32.1. The maximum Gasteiger partial charge on any atom is 0.129 e. The van der Waals surface area contributed by atoms with Crippen molar-refractivity contribution >= 4 is 11.3 Å². The lowest BCUT2D eigenvalue weighted by molar-refractivity contribution is 0.371. The molecule has 1 rings (SSSR count). The van der Waals surface area contributed by atoms with Crippen LogP contribution < -0.4 is 16.0 Å². The van der Waals surface area contributed by atoms with Crippen LogP contribution in [0.3, 0.4) is 0 Å². The average Bonchev–Trinajstić information content (AvgIpc) is 2.68. The van der Waals surface area contributed by atoms with Crippen LogP contribution in [0.4, 0.5) is 0 Å². The molecule has 1 aromatic heterocycles. The summed E-state index contributed by atoms with van der Waals surface area (Å²) in [6.07, 6.45) is 2.36. The molecule has 2 unspecified atom stereocenters. The van der Waals surface area contributed by atoms with Crippen LogP contribution in [0.25, 0.3) is 0 Å². The normalized spacial score (nSPS) is 14.9. The molecule has 1 heterocycles. The van der Waals surface area contributed by atoms with Crippen LogP contribution in [0, 0.1) is 5.92 Å². The summed E-state index contributed by atoms with van der Waals surface area (Å²) in [6, 6.07) is 2.29. The Morgan fingerprint density at radius 2 is 2.33 bits per heavy atom. The molecule has 4 heteroatoms. The second-order valence-electron chi connectivity index (χ2n) is 3.80. The van der Waals surface area contributed by atoms with Crippen molar-refractivity contribution in [3.05, 3.63) is 16.3 Å². The molecule has 0 saturated heterocycles. The molecule has 86 valence electrons. The summed E-state index contributed by atoms with van der Waals surface area (Å²) in [5, 5.41) is 2.01. The summed E-state index contributed by atoms with van der Waals surface area (Å²) < 4.78 is 5.17. The van der Waals surface area contributed by atoms with E-state index in [2.05, 4.69) is 25.3 Å². The predicted molar refractivity (Wildman–Crippen MR) is 65.0 cm³/mol. The highest BCUT2D eigenvalue weighted by molar-refractivity contribution is 7.10. The fourth-order valence-electron chi connectivity index (χ4n) is 1.75. The summed E-state index contributed by atoms with van der Waals surface area (Å²) in [5.41, 5.74) is 2.90. The topological polar surface area (TPSA) is 47.3 Å². The van der Waals surface area contributed by atoms with Crippen molar-refractivity contribution in [1.29, 1.82) is 0 Å². The molecule has 0 aliphatic carbocycles. The van der Waals surface area contributed by atoms with Gasteiger partial charge in [-0.15, -0.1) is 11.3 Å². The van der Waals surface area contributed by atoms with E-state index in [-0.39, 0.29) is 6.04 Å². The molecule has 0 amide bonds. The zero-order valence-corrected chi connectivity index (χ0v) is 10.4. The molecule has 0 aliphatic heterocycles. The second kappa shape index (κ2) is 6.10. The van der Waals surface area contributed by atoms with Crippen molar-refractivity contribution in [2.75, 3.05) is 7.11 Å². The SMILES string of the molecule is CCCC(C)C(NN)c1cc(OC)cs1. The standard InChI is InChI=1S/C11H20N2OS/c1-4-5-8(2)11(13-12)10-6-9(14-3)7-15-10/h6-8,11,13H,4-5,12H2,1-3H3. The first-order chi connectivity index (χ1) is 7.22. The van der Waals surface area contributed by atoms with Crippen LogP contribution in [-0.2, 0) is 0 Å². The van der Waals surface area contributed by atoms with E-state index >= 15 is 0 Å². The van der Waals surface area contributed by atoms with Gasteiger partial charge >= 0.3 is 0 Å². The van der Waals surface area contributed by atoms with Gasteiger partial charge in [-0.1, -0.05) is 20.3 Å². The van der Waals surface area contributed by atoms with Crippen molar-refractivity contribution in [2.24, 2.45) is 11.8 Å². The fourth-order valence-corrected chi connectivity index (χ4v) is 2.80. The molecule has 15 heavy (non-hydrogen) atoms. The molecule has 0 radical (unpaired) electrons. The lowest BCUT2D eigenvalue weighted by Crippen LogP contribution is -2.31. The minimum atomic E-state index is 0.235. The van der Waals surface area contributed by atoms with Crippen LogP contribution in [-0.4, -0.2) is 7.11 Å². The third-order valence-corrected chi connectivity index (χ3v) is 3.62. The summed E-state index contributed by atoms with van der Waals surface area (Å²) in [6.45, 7) is 4.42. The number of hydrogen-bond acceptors (Lipinski definition) is 4.